The van der Waals surface area contributed by atoms with Gasteiger partial charge in [-0.1, -0.05) is 0 Å². The van der Waals surface area contributed by atoms with Crippen molar-refractivity contribution in [1.29, 1.82) is 0 Å². The minimum absolute atomic E-state index is 0.0302. The second kappa shape index (κ2) is 7.15. The van der Waals surface area contributed by atoms with Crippen LogP contribution in [-0.2, 0) is 16.1 Å². The van der Waals surface area contributed by atoms with Crippen LogP contribution in [0.5, 0.6) is 0 Å². The number of morpholine rings is 1. The second-order valence-corrected chi connectivity index (χ2v) is 6.15. The molecule has 1 fully saturated rings. The average Bonchev–Trinajstić information content (AvgIpc) is 2.38. The molecule has 1 aromatic rings. The summed E-state index contributed by atoms with van der Waals surface area (Å²) in [4.78, 5) is 18.5. The van der Waals surface area contributed by atoms with E-state index in [9.17, 15) is 4.79 Å². The highest BCUT2D eigenvalue weighted by molar-refractivity contribution is 9.10. The summed E-state index contributed by atoms with van der Waals surface area (Å²) >= 11 is 3.42. The van der Waals surface area contributed by atoms with Gasteiger partial charge in [-0.05, 0) is 41.4 Å². The molecule has 1 saturated heterocycles. The Kier molecular flexibility index (Phi) is 5.51. The first-order valence-electron chi connectivity index (χ1n) is 6.78. The number of pyridine rings is 1. The molecule has 5 nitrogen and oxygen atoms in total. The van der Waals surface area contributed by atoms with Crippen molar-refractivity contribution in [3.63, 3.8) is 0 Å². The van der Waals surface area contributed by atoms with E-state index in [-0.39, 0.29) is 18.0 Å². The Balaban J connectivity index is 2.05. The van der Waals surface area contributed by atoms with Gasteiger partial charge in [-0.3, -0.25) is 14.7 Å². The van der Waals surface area contributed by atoms with E-state index >= 15 is 0 Å². The number of nitrogens with one attached hydrogen (secondary N) is 1. The number of aromatic nitrogens is 1. The number of hydrogen-bond donors (Lipinski definition) is 1. The summed E-state index contributed by atoms with van der Waals surface area (Å²) in [6, 6.07) is 1.93. The van der Waals surface area contributed by atoms with Crippen LogP contribution in [0, 0.1) is 0 Å². The molecule has 1 unspecified atom stereocenters. The van der Waals surface area contributed by atoms with E-state index < -0.39 is 0 Å². The van der Waals surface area contributed by atoms with Crippen LogP contribution < -0.4 is 5.32 Å². The molecule has 2 rings (SSSR count). The predicted octanol–water partition coefficient (Wildman–Crippen LogP) is 1.57. The van der Waals surface area contributed by atoms with Crippen LogP contribution in [0.25, 0.3) is 0 Å². The monoisotopic (exact) mass is 341 g/mol. The van der Waals surface area contributed by atoms with Crippen molar-refractivity contribution in [3.8, 4) is 0 Å². The third-order valence-corrected chi connectivity index (χ3v) is 3.55. The number of hydrogen-bond acceptors (Lipinski definition) is 4. The maximum atomic E-state index is 12.2. The zero-order valence-electron chi connectivity index (χ0n) is 11.8. The molecule has 0 spiro atoms. The molecule has 0 aliphatic carbocycles. The number of rotatable bonds is 4. The predicted molar refractivity (Wildman–Crippen MR) is 80.2 cm³/mol. The lowest BCUT2D eigenvalue weighted by Crippen LogP contribution is -2.54. The van der Waals surface area contributed by atoms with Crippen LogP contribution in [0.4, 0.5) is 0 Å². The van der Waals surface area contributed by atoms with Gasteiger partial charge in [0.1, 0.15) is 6.04 Å². The molecule has 1 aromatic heterocycles. The summed E-state index contributed by atoms with van der Waals surface area (Å²) in [7, 11) is 0. The van der Waals surface area contributed by atoms with E-state index in [4.69, 9.17) is 4.74 Å². The van der Waals surface area contributed by atoms with Gasteiger partial charge in [0.2, 0.25) is 5.91 Å². The van der Waals surface area contributed by atoms with Gasteiger partial charge in [0.25, 0.3) is 0 Å². The lowest BCUT2D eigenvalue weighted by Gasteiger charge is -2.34. The van der Waals surface area contributed by atoms with Crippen molar-refractivity contribution in [2.45, 2.75) is 32.5 Å². The van der Waals surface area contributed by atoms with Crippen LogP contribution in [0.1, 0.15) is 19.4 Å². The van der Waals surface area contributed by atoms with Crippen LogP contribution in [-0.4, -0.2) is 47.6 Å². The van der Waals surface area contributed by atoms with Crippen molar-refractivity contribution in [1.82, 2.24) is 15.2 Å². The topological polar surface area (TPSA) is 54.5 Å². The van der Waals surface area contributed by atoms with Gasteiger partial charge in [-0.2, -0.15) is 0 Å². The lowest BCUT2D eigenvalue weighted by atomic mass is 10.1. The number of amides is 1. The Bertz CT molecular complexity index is 467. The Labute approximate surface area is 127 Å². The molecule has 1 aliphatic heterocycles. The number of carbonyl (C=O) groups is 1. The molecule has 0 aromatic carbocycles. The Morgan fingerprint density at radius 3 is 3.10 bits per heavy atom. The summed E-state index contributed by atoms with van der Waals surface area (Å²) in [5.41, 5.74) is 1.09. The van der Waals surface area contributed by atoms with Gasteiger partial charge in [0.05, 0.1) is 13.2 Å². The maximum absolute atomic E-state index is 12.2. The molecule has 110 valence electrons. The van der Waals surface area contributed by atoms with Gasteiger partial charge in [-0.15, -0.1) is 0 Å². The molecule has 1 atom stereocenters. The van der Waals surface area contributed by atoms with Crippen molar-refractivity contribution in [2.24, 2.45) is 0 Å². The van der Waals surface area contributed by atoms with Crippen molar-refractivity contribution in [2.75, 3.05) is 19.8 Å². The first-order valence-corrected chi connectivity index (χ1v) is 7.57. The van der Waals surface area contributed by atoms with Crippen LogP contribution in [0.2, 0.25) is 0 Å². The van der Waals surface area contributed by atoms with Crippen LogP contribution in [0.3, 0.4) is 0 Å². The zero-order valence-corrected chi connectivity index (χ0v) is 13.4. The molecule has 0 bridgehead atoms. The Hall–Kier alpha value is -0.980. The normalized spacial score (nSPS) is 20.1. The highest BCUT2D eigenvalue weighted by Gasteiger charge is 2.29. The van der Waals surface area contributed by atoms with Crippen molar-refractivity contribution in [3.05, 3.63) is 28.5 Å². The molecule has 20 heavy (non-hydrogen) atoms. The second-order valence-electron chi connectivity index (χ2n) is 5.24. The third-order valence-electron chi connectivity index (χ3n) is 3.12. The van der Waals surface area contributed by atoms with E-state index in [1.165, 1.54) is 0 Å². The molecule has 0 radical (unpaired) electrons. The fraction of sp³-hybridized carbons (Fsp3) is 0.571. The van der Waals surface area contributed by atoms with E-state index in [0.717, 1.165) is 16.6 Å². The Morgan fingerprint density at radius 1 is 1.60 bits per heavy atom. The SMILES string of the molecule is CC(C)NC(=O)C1COCCN1Cc1cncc(Br)c1. The number of carbonyl (C=O) groups excluding carboxylic acids is 1. The minimum Gasteiger partial charge on any atom is -0.378 e. The van der Waals surface area contributed by atoms with Gasteiger partial charge in [-0.25, -0.2) is 0 Å². The summed E-state index contributed by atoms with van der Waals surface area (Å²) in [5, 5.41) is 2.95. The molecule has 1 N–H and O–H groups in total. The summed E-state index contributed by atoms with van der Waals surface area (Å²) in [6.45, 7) is 6.48. The fourth-order valence-electron chi connectivity index (χ4n) is 2.23. The maximum Gasteiger partial charge on any atom is 0.239 e. The Morgan fingerprint density at radius 2 is 2.40 bits per heavy atom. The number of nitrogens with zero attached hydrogens (tertiary/aromatic N) is 2. The van der Waals surface area contributed by atoms with E-state index in [1.54, 1.807) is 6.20 Å². The summed E-state index contributed by atoms with van der Waals surface area (Å²) < 4.78 is 6.40. The smallest absolute Gasteiger partial charge is 0.239 e. The first kappa shape index (κ1) is 15.4. The van der Waals surface area contributed by atoms with Crippen LogP contribution >= 0.6 is 15.9 Å². The quantitative estimate of drug-likeness (QED) is 0.903. The van der Waals surface area contributed by atoms with Gasteiger partial charge in [0.15, 0.2) is 0 Å². The number of ether oxygens (including phenoxy) is 1. The molecule has 1 aliphatic rings. The third kappa shape index (κ3) is 4.26. The average molecular weight is 342 g/mol. The van der Waals surface area contributed by atoms with Crippen molar-refractivity contribution >= 4 is 21.8 Å². The first-order chi connectivity index (χ1) is 9.56. The fourth-order valence-corrected chi connectivity index (χ4v) is 2.64. The molecular formula is C14H20BrN3O2. The van der Waals surface area contributed by atoms with E-state index in [1.807, 2.05) is 26.1 Å². The van der Waals surface area contributed by atoms with Crippen LogP contribution in [0.15, 0.2) is 22.9 Å². The lowest BCUT2D eigenvalue weighted by molar-refractivity contribution is -0.133. The van der Waals surface area contributed by atoms with Gasteiger partial charge < -0.3 is 10.1 Å². The largest absolute Gasteiger partial charge is 0.378 e. The van der Waals surface area contributed by atoms with E-state index in [2.05, 4.69) is 31.1 Å². The molecule has 1 amide bonds. The molecule has 2 heterocycles. The number of halogens is 1. The summed E-state index contributed by atoms with van der Waals surface area (Å²) in [6.07, 6.45) is 3.59. The minimum atomic E-state index is -0.231. The highest BCUT2D eigenvalue weighted by Crippen LogP contribution is 2.15. The summed E-state index contributed by atoms with van der Waals surface area (Å²) in [5.74, 6) is 0.0302. The highest BCUT2D eigenvalue weighted by atomic mass is 79.9. The van der Waals surface area contributed by atoms with Crippen molar-refractivity contribution < 1.29 is 9.53 Å². The molecule has 0 saturated carbocycles. The standard InChI is InChI=1S/C14H20BrN3O2/c1-10(2)17-14(19)13-9-20-4-3-18(13)8-11-5-12(15)7-16-6-11/h5-7,10,13H,3-4,8-9H2,1-2H3,(H,17,19). The zero-order chi connectivity index (χ0) is 14.5. The molecular weight excluding hydrogens is 322 g/mol. The van der Waals surface area contributed by atoms with Gasteiger partial charge in [0, 0.05) is 36.0 Å². The van der Waals surface area contributed by atoms with E-state index in [0.29, 0.717) is 19.8 Å². The van der Waals surface area contributed by atoms with Gasteiger partial charge >= 0.3 is 0 Å². The molecule has 6 heteroatoms.